The lowest BCUT2D eigenvalue weighted by molar-refractivity contribution is 0.0578. The van der Waals surface area contributed by atoms with E-state index in [2.05, 4.69) is 10.5 Å². The smallest absolute Gasteiger partial charge is 0.414 e. The maximum atomic E-state index is 12.4. The molecule has 1 amide bonds. The number of hydrogen-bond donors (Lipinski definition) is 3. The minimum absolute atomic E-state index is 0.187. The normalized spacial score (nSPS) is 14.3. The van der Waals surface area contributed by atoms with E-state index < -0.39 is 11.4 Å². The SMILES string of the molecule is CC(C)(C)OC(=O)N1CCCc2cc(N/N=C(\C#N)C(=N)N)ccc21. The number of carbonyl (C=O) groups is 1. The minimum Gasteiger partial charge on any atom is -0.443 e. The molecule has 1 aromatic rings. The second-order valence-electron chi connectivity index (χ2n) is 6.68. The zero-order chi connectivity index (χ0) is 18.6. The van der Waals surface area contributed by atoms with Crippen molar-refractivity contribution in [2.24, 2.45) is 10.8 Å². The van der Waals surface area contributed by atoms with E-state index in [1.807, 2.05) is 32.9 Å². The number of nitrogens with one attached hydrogen (secondary N) is 2. The van der Waals surface area contributed by atoms with Gasteiger partial charge in [0.15, 0.2) is 5.84 Å². The predicted molar refractivity (Wildman–Crippen MR) is 96.9 cm³/mol. The molecule has 0 aromatic heterocycles. The second kappa shape index (κ2) is 7.21. The monoisotopic (exact) mass is 342 g/mol. The Morgan fingerprint density at radius 2 is 2.20 bits per heavy atom. The van der Waals surface area contributed by atoms with Crippen molar-refractivity contribution in [1.82, 2.24) is 0 Å². The summed E-state index contributed by atoms with van der Waals surface area (Å²) in [6.07, 6.45) is 1.29. The van der Waals surface area contributed by atoms with Crippen molar-refractivity contribution in [1.29, 1.82) is 10.7 Å². The number of fused-ring (bicyclic) bond motifs is 1. The number of nitrogens with zero attached hydrogens (tertiary/aromatic N) is 3. The Morgan fingerprint density at radius 3 is 2.80 bits per heavy atom. The number of nitrogens with two attached hydrogens (primary N) is 1. The van der Waals surface area contributed by atoms with E-state index in [9.17, 15) is 4.79 Å². The van der Waals surface area contributed by atoms with Crippen molar-refractivity contribution in [2.75, 3.05) is 16.9 Å². The lowest BCUT2D eigenvalue weighted by Gasteiger charge is -2.31. The van der Waals surface area contributed by atoms with Crippen LogP contribution in [0.15, 0.2) is 23.3 Å². The van der Waals surface area contributed by atoms with Crippen LogP contribution in [0.2, 0.25) is 0 Å². The maximum Gasteiger partial charge on any atom is 0.414 e. The van der Waals surface area contributed by atoms with Gasteiger partial charge < -0.3 is 10.5 Å². The molecule has 1 aliphatic heterocycles. The minimum atomic E-state index is -0.550. The van der Waals surface area contributed by atoms with Gasteiger partial charge in [-0.05, 0) is 57.4 Å². The number of nitriles is 1. The summed E-state index contributed by atoms with van der Waals surface area (Å²) in [5.74, 6) is -0.399. The molecule has 0 radical (unpaired) electrons. The Balaban J connectivity index is 2.21. The lowest BCUT2D eigenvalue weighted by Crippen LogP contribution is -2.39. The Kier molecular flexibility index (Phi) is 5.27. The Morgan fingerprint density at radius 1 is 1.48 bits per heavy atom. The second-order valence-corrected chi connectivity index (χ2v) is 6.68. The van der Waals surface area contributed by atoms with E-state index in [1.54, 1.807) is 17.0 Å². The number of ether oxygens (including phenoxy) is 1. The van der Waals surface area contributed by atoms with Crippen LogP contribution in [0.4, 0.5) is 16.2 Å². The summed E-state index contributed by atoms with van der Waals surface area (Å²) in [7, 11) is 0. The molecule has 1 aliphatic rings. The molecule has 0 atom stereocenters. The van der Waals surface area contributed by atoms with Crippen molar-refractivity contribution in [3.63, 3.8) is 0 Å². The van der Waals surface area contributed by atoms with Crippen molar-refractivity contribution >= 4 is 29.0 Å². The molecule has 8 heteroatoms. The van der Waals surface area contributed by atoms with Crippen LogP contribution < -0.4 is 16.1 Å². The van der Waals surface area contributed by atoms with E-state index in [4.69, 9.17) is 21.1 Å². The number of anilines is 2. The highest BCUT2D eigenvalue weighted by molar-refractivity contribution is 6.45. The lowest BCUT2D eigenvalue weighted by atomic mass is 10.0. The van der Waals surface area contributed by atoms with Crippen molar-refractivity contribution < 1.29 is 9.53 Å². The third-order valence-corrected chi connectivity index (χ3v) is 3.47. The number of rotatable bonds is 3. The first-order valence-corrected chi connectivity index (χ1v) is 7.93. The predicted octanol–water partition coefficient (Wildman–Crippen LogP) is 2.60. The van der Waals surface area contributed by atoms with Crippen molar-refractivity contribution in [3.05, 3.63) is 23.8 Å². The number of aryl methyl sites for hydroxylation is 1. The summed E-state index contributed by atoms with van der Waals surface area (Å²) in [6.45, 7) is 6.11. The van der Waals surface area contributed by atoms with Crippen LogP contribution in [0, 0.1) is 16.7 Å². The number of hydrazone groups is 1. The highest BCUT2D eigenvalue weighted by Gasteiger charge is 2.27. The van der Waals surface area contributed by atoms with E-state index in [1.165, 1.54) is 0 Å². The van der Waals surface area contributed by atoms with Crippen molar-refractivity contribution in [3.8, 4) is 6.07 Å². The summed E-state index contributed by atoms with van der Waals surface area (Å²) in [5.41, 5.74) is 9.68. The van der Waals surface area contributed by atoms with Gasteiger partial charge in [-0.15, -0.1) is 0 Å². The fraction of sp³-hybridized carbons (Fsp3) is 0.412. The van der Waals surface area contributed by atoms with Gasteiger partial charge in [0.25, 0.3) is 0 Å². The highest BCUT2D eigenvalue weighted by Crippen LogP contribution is 2.30. The van der Waals surface area contributed by atoms with Crippen LogP contribution in [-0.4, -0.2) is 29.8 Å². The molecule has 0 unspecified atom stereocenters. The number of hydrogen-bond acceptors (Lipinski definition) is 6. The summed E-state index contributed by atoms with van der Waals surface area (Å²) >= 11 is 0. The maximum absolute atomic E-state index is 12.4. The van der Waals surface area contributed by atoms with Gasteiger partial charge in [-0.1, -0.05) is 0 Å². The van der Waals surface area contributed by atoms with Crippen LogP contribution in [0.5, 0.6) is 0 Å². The van der Waals surface area contributed by atoms with Gasteiger partial charge in [0, 0.05) is 6.54 Å². The Hall–Kier alpha value is -3.08. The van der Waals surface area contributed by atoms with E-state index >= 15 is 0 Å². The third-order valence-electron chi connectivity index (χ3n) is 3.47. The fourth-order valence-electron chi connectivity index (χ4n) is 2.44. The van der Waals surface area contributed by atoms with E-state index in [0.29, 0.717) is 12.2 Å². The van der Waals surface area contributed by atoms with Crippen LogP contribution in [0.25, 0.3) is 0 Å². The van der Waals surface area contributed by atoms with Crippen LogP contribution in [0.3, 0.4) is 0 Å². The zero-order valence-electron chi connectivity index (χ0n) is 14.6. The molecule has 8 nitrogen and oxygen atoms in total. The molecule has 0 aliphatic carbocycles. The average Bonchev–Trinajstić information content (AvgIpc) is 2.52. The van der Waals surface area contributed by atoms with E-state index in [-0.39, 0.29) is 11.8 Å². The van der Waals surface area contributed by atoms with Gasteiger partial charge in [0.1, 0.15) is 11.7 Å². The van der Waals surface area contributed by atoms with Gasteiger partial charge >= 0.3 is 6.09 Å². The first-order chi connectivity index (χ1) is 11.7. The number of carbonyl (C=O) groups excluding carboxylic acids is 1. The van der Waals surface area contributed by atoms with Crippen LogP contribution in [0.1, 0.15) is 32.8 Å². The van der Waals surface area contributed by atoms with Gasteiger partial charge in [-0.2, -0.15) is 10.4 Å². The first-order valence-electron chi connectivity index (χ1n) is 7.93. The molecule has 0 fully saturated rings. The van der Waals surface area contributed by atoms with Crippen LogP contribution >= 0.6 is 0 Å². The number of amidine groups is 1. The van der Waals surface area contributed by atoms with Crippen LogP contribution in [-0.2, 0) is 11.2 Å². The van der Waals surface area contributed by atoms with Gasteiger partial charge in [0.05, 0.1) is 11.4 Å². The third kappa shape index (κ3) is 4.70. The summed E-state index contributed by atoms with van der Waals surface area (Å²) < 4.78 is 5.46. The molecule has 132 valence electrons. The van der Waals surface area contributed by atoms with Crippen molar-refractivity contribution in [2.45, 2.75) is 39.2 Å². The summed E-state index contributed by atoms with van der Waals surface area (Å²) in [6, 6.07) is 7.18. The Labute approximate surface area is 146 Å². The number of amides is 1. The highest BCUT2D eigenvalue weighted by atomic mass is 16.6. The molecule has 0 saturated heterocycles. The largest absolute Gasteiger partial charge is 0.443 e. The van der Waals surface area contributed by atoms with Gasteiger partial charge in [-0.25, -0.2) is 4.79 Å². The average molecular weight is 342 g/mol. The fourth-order valence-corrected chi connectivity index (χ4v) is 2.44. The van der Waals surface area contributed by atoms with Gasteiger partial charge in [-0.3, -0.25) is 15.7 Å². The molecule has 0 saturated carbocycles. The summed E-state index contributed by atoms with van der Waals surface area (Å²) in [4.78, 5) is 14.0. The molecule has 25 heavy (non-hydrogen) atoms. The molecular weight excluding hydrogens is 320 g/mol. The topological polar surface area (TPSA) is 128 Å². The molecule has 0 spiro atoms. The molecular formula is C17H22N6O2. The zero-order valence-corrected chi connectivity index (χ0v) is 14.6. The first kappa shape index (κ1) is 18.3. The molecule has 2 rings (SSSR count). The molecule has 0 bridgehead atoms. The Bertz CT molecular complexity index is 757. The molecule has 4 N–H and O–H groups in total. The molecule has 1 aromatic carbocycles. The quantitative estimate of drug-likeness (QED) is 0.442. The molecule has 1 heterocycles. The van der Waals surface area contributed by atoms with Gasteiger partial charge in [0.2, 0.25) is 5.71 Å². The summed E-state index contributed by atoms with van der Waals surface area (Å²) in [5, 5.41) is 19.9. The number of benzene rings is 1. The standard InChI is InChI=1S/C17H22N6O2/c1-17(2,3)25-16(24)23-8-4-5-11-9-12(6-7-14(11)23)21-22-13(10-18)15(19)20/h6-7,9,21H,4-5,8H2,1-3H3,(H3,19,20)/b22-13+. The van der Waals surface area contributed by atoms with E-state index in [0.717, 1.165) is 24.1 Å².